The highest BCUT2D eigenvalue weighted by Gasteiger charge is 2.27. The van der Waals surface area contributed by atoms with Crippen LogP contribution in [0.5, 0.6) is 0 Å². The van der Waals surface area contributed by atoms with Crippen LogP contribution in [0.3, 0.4) is 0 Å². The van der Waals surface area contributed by atoms with Gasteiger partial charge in [-0.25, -0.2) is 4.68 Å². The highest BCUT2D eigenvalue weighted by atomic mass is 16.2. The molecule has 0 saturated carbocycles. The lowest BCUT2D eigenvalue weighted by molar-refractivity contribution is -0.119. The third kappa shape index (κ3) is 3.43. The van der Waals surface area contributed by atoms with Gasteiger partial charge in [-0.05, 0) is 46.5 Å². The average Bonchev–Trinajstić information content (AvgIpc) is 2.90. The molecule has 0 aliphatic heterocycles. The summed E-state index contributed by atoms with van der Waals surface area (Å²) >= 11 is 0. The summed E-state index contributed by atoms with van der Waals surface area (Å²) < 4.78 is 1.57. The number of hydrogen-bond donors (Lipinski definition) is 2. The molecule has 1 amide bonds. The van der Waals surface area contributed by atoms with Gasteiger partial charge in [-0.1, -0.05) is 20.8 Å². The van der Waals surface area contributed by atoms with Crippen LogP contribution in [0.15, 0.2) is 24.5 Å². The lowest BCUT2D eigenvalue weighted by Crippen LogP contribution is -2.45. The van der Waals surface area contributed by atoms with Crippen molar-refractivity contribution in [1.82, 2.24) is 20.2 Å². The van der Waals surface area contributed by atoms with Crippen molar-refractivity contribution >= 4 is 11.6 Å². The first kappa shape index (κ1) is 15.1. The standard InChI is InChI=1S/C14H20N6O/c1-9-7-10(17-13(21)12(15)14(2,3)4)5-6-11(9)20-8-16-18-19-20/h5-8,12H,15H2,1-4H3,(H,17,21). The van der Waals surface area contributed by atoms with Crippen LogP contribution >= 0.6 is 0 Å². The Morgan fingerprint density at radius 2 is 2.10 bits per heavy atom. The molecule has 7 nitrogen and oxygen atoms in total. The number of nitrogens with one attached hydrogen (secondary N) is 1. The number of carbonyl (C=O) groups is 1. The second-order valence-corrected chi connectivity index (χ2v) is 6.09. The van der Waals surface area contributed by atoms with Crippen LogP contribution in [0.2, 0.25) is 0 Å². The summed E-state index contributed by atoms with van der Waals surface area (Å²) in [4.78, 5) is 12.1. The van der Waals surface area contributed by atoms with Gasteiger partial charge in [-0.3, -0.25) is 4.79 Å². The zero-order chi connectivity index (χ0) is 15.6. The van der Waals surface area contributed by atoms with Crippen LogP contribution in [0.1, 0.15) is 26.3 Å². The summed E-state index contributed by atoms with van der Waals surface area (Å²) in [6, 6.07) is 4.95. The lowest BCUT2D eigenvalue weighted by Gasteiger charge is -2.25. The number of aromatic nitrogens is 4. The maximum absolute atomic E-state index is 12.1. The van der Waals surface area contributed by atoms with E-state index in [1.54, 1.807) is 10.7 Å². The number of tetrazole rings is 1. The van der Waals surface area contributed by atoms with Crippen molar-refractivity contribution in [2.45, 2.75) is 33.7 Å². The van der Waals surface area contributed by atoms with Crippen LogP contribution in [0, 0.1) is 12.3 Å². The topological polar surface area (TPSA) is 98.7 Å². The molecule has 1 aromatic heterocycles. The van der Waals surface area contributed by atoms with Gasteiger partial charge in [-0.2, -0.15) is 0 Å². The van der Waals surface area contributed by atoms with Gasteiger partial charge in [-0.15, -0.1) is 5.10 Å². The van der Waals surface area contributed by atoms with E-state index in [-0.39, 0.29) is 11.3 Å². The Morgan fingerprint density at radius 1 is 1.38 bits per heavy atom. The first-order chi connectivity index (χ1) is 9.79. The molecule has 3 N–H and O–H groups in total. The average molecular weight is 288 g/mol. The van der Waals surface area contributed by atoms with Crippen LogP contribution in [0.4, 0.5) is 5.69 Å². The molecule has 0 fully saturated rings. The summed E-state index contributed by atoms with van der Waals surface area (Å²) in [5, 5.41) is 13.9. The van der Waals surface area contributed by atoms with Gasteiger partial charge in [0, 0.05) is 5.69 Å². The minimum atomic E-state index is -0.572. The molecule has 0 aliphatic carbocycles. The van der Waals surface area contributed by atoms with Gasteiger partial charge < -0.3 is 11.1 Å². The van der Waals surface area contributed by atoms with Crippen molar-refractivity contribution in [1.29, 1.82) is 0 Å². The van der Waals surface area contributed by atoms with Crippen molar-refractivity contribution in [2.24, 2.45) is 11.1 Å². The molecule has 0 radical (unpaired) electrons. The zero-order valence-corrected chi connectivity index (χ0v) is 12.7. The predicted molar refractivity (Wildman–Crippen MR) is 80.0 cm³/mol. The maximum atomic E-state index is 12.1. The molecule has 1 atom stereocenters. The fourth-order valence-electron chi connectivity index (χ4n) is 1.88. The number of rotatable bonds is 3. The van der Waals surface area contributed by atoms with Gasteiger partial charge >= 0.3 is 0 Å². The second-order valence-electron chi connectivity index (χ2n) is 6.09. The molecule has 2 aromatic rings. The first-order valence-corrected chi connectivity index (χ1v) is 6.69. The molecule has 0 spiro atoms. The van der Waals surface area contributed by atoms with Crippen LogP contribution in [-0.2, 0) is 4.79 Å². The van der Waals surface area contributed by atoms with Crippen molar-refractivity contribution in [3.8, 4) is 5.69 Å². The van der Waals surface area contributed by atoms with E-state index in [2.05, 4.69) is 20.8 Å². The highest BCUT2D eigenvalue weighted by Crippen LogP contribution is 2.21. The Bertz CT molecular complexity index is 629. The molecule has 2 rings (SSSR count). The molecule has 21 heavy (non-hydrogen) atoms. The zero-order valence-electron chi connectivity index (χ0n) is 12.7. The first-order valence-electron chi connectivity index (χ1n) is 6.69. The molecule has 0 saturated heterocycles. The van der Waals surface area contributed by atoms with E-state index in [0.717, 1.165) is 11.3 Å². The van der Waals surface area contributed by atoms with Crippen LogP contribution in [-0.4, -0.2) is 32.2 Å². The molecule has 1 aromatic carbocycles. The summed E-state index contributed by atoms with van der Waals surface area (Å²) in [5.41, 5.74) is 8.17. The van der Waals surface area contributed by atoms with E-state index in [9.17, 15) is 4.79 Å². The Kier molecular flexibility index (Phi) is 4.04. The van der Waals surface area contributed by atoms with Crippen LogP contribution in [0.25, 0.3) is 5.69 Å². The van der Waals surface area contributed by atoms with E-state index in [4.69, 9.17) is 5.73 Å². The fourth-order valence-corrected chi connectivity index (χ4v) is 1.88. The third-order valence-electron chi connectivity index (χ3n) is 3.28. The number of anilines is 1. The monoisotopic (exact) mass is 288 g/mol. The summed E-state index contributed by atoms with van der Waals surface area (Å²) in [5.74, 6) is -0.197. The van der Waals surface area contributed by atoms with E-state index in [0.29, 0.717) is 5.69 Å². The van der Waals surface area contributed by atoms with E-state index in [1.807, 2.05) is 39.8 Å². The van der Waals surface area contributed by atoms with Crippen LogP contribution < -0.4 is 11.1 Å². The molecule has 1 unspecified atom stereocenters. The van der Waals surface area contributed by atoms with Crippen molar-refractivity contribution in [3.63, 3.8) is 0 Å². The summed E-state index contributed by atoms with van der Waals surface area (Å²) in [6.45, 7) is 7.73. The largest absolute Gasteiger partial charge is 0.325 e. The molecule has 1 heterocycles. The molecule has 0 aliphatic rings. The summed E-state index contributed by atoms with van der Waals surface area (Å²) in [7, 11) is 0. The number of nitrogens with zero attached hydrogens (tertiary/aromatic N) is 4. The smallest absolute Gasteiger partial charge is 0.241 e. The normalized spacial score (nSPS) is 13.0. The van der Waals surface area contributed by atoms with Gasteiger partial charge in [0.25, 0.3) is 0 Å². The third-order valence-corrected chi connectivity index (χ3v) is 3.28. The SMILES string of the molecule is Cc1cc(NC(=O)C(N)C(C)(C)C)ccc1-n1cnnn1. The lowest BCUT2D eigenvalue weighted by atomic mass is 9.87. The Labute approximate surface area is 123 Å². The van der Waals surface area contributed by atoms with Gasteiger partial charge in [0.2, 0.25) is 5.91 Å². The van der Waals surface area contributed by atoms with Crippen molar-refractivity contribution in [2.75, 3.05) is 5.32 Å². The maximum Gasteiger partial charge on any atom is 0.241 e. The van der Waals surface area contributed by atoms with Gasteiger partial charge in [0.15, 0.2) is 0 Å². The summed E-state index contributed by atoms with van der Waals surface area (Å²) in [6.07, 6.45) is 1.52. The van der Waals surface area contributed by atoms with E-state index in [1.165, 1.54) is 6.33 Å². The Balaban J connectivity index is 2.16. The number of hydrogen-bond acceptors (Lipinski definition) is 5. The predicted octanol–water partition coefficient (Wildman–Crippen LogP) is 1.28. The second kappa shape index (κ2) is 5.61. The van der Waals surface area contributed by atoms with Gasteiger partial charge in [0.1, 0.15) is 6.33 Å². The van der Waals surface area contributed by atoms with E-state index >= 15 is 0 Å². The number of amides is 1. The number of nitrogens with two attached hydrogens (primary N) is 1. The molecular formula is C14H20N6O. The quantitative estimate of drug-likeness (QED) is 0.886. The van der Waals surface area contributed by atoms with Gasteiger partial charge in [0.05, 0.1) is 11.7 Å². The van der Waals surface area contributed by atoms with E-state index < -0.39 is 6.04 Å². The Morgan fingerprint density at radius 3 is 2.62 bits per heavy atom. The minimum absolute atomic E-state index is 0.197. The molecule has 0 bridgehead atoms. The van der Waals surface area contributed by atoms with Crippen molar-refractivity contribution < 1.29 is 4.79 Å². The number of aryl methyl sites for hydroxylation is 1. The van der Waals surface area contributed by atoms with Crippen molar-refractivity contribution in [3.05, 3.63) is 30.1 Å². The molecule has 7 heteroatoms. The Hall–Kier alpha value is -2.28. The number of benzene rings is 1. The number of carbonyl (C=O) groups excluding carboxylic acids is 1. The fraction of sp³-hybridized carbons (Fsp3) is 0.429. The molecular weight excluding hydrogens is 268 g/mol. The highest BCUT2D eigenvalue weighted by molar-refractivity contribution is 5.95. The molecule has 112 valence electrons. The minimum Gasteiger partial charge on any atom is -0.325 e.